The molecule has 9 N–H and O–H groups in total. The molecule has 0 aliphatic heterocycles. The highest BCUT2D eigenvalue weighted by Crippen LogP contribution is 2.31. The summed E-state index contributed by atoms with van der Waals surface area (Å²) in [6.07, 6.45) is 4.42. The summed E-state index contributed by atoms with van der Waals surface area (Å²) >= 11 is 0. The molecule has 67 heavy (non-hydrogen) atoms. The topological polar surface area (TPSA) is 290 Å². The maximum Gasteiger partial charge on any atom is 0.508 e. The number of nitrogen functional groups attached to an aromatic ring is 2. The van der Waals surface area contributed by atoms with Crippen LogP contribution in [0, 0.1) is 0 Å². The molecule has 0 saturated carbocycles. The summed E-state index contributed by atoms with van der Waals surface area (Å²) in [6.45, 7) is 15.0. The van der Waals surface area contributed by atoms with Crippen molar-refractivity contribution in [2.75, 3.05) is 36.5 Å². The highest BCUT2D eigenvalue weighted by molar-refractivity contribution is 6.06. The molecule has 1 atom stereocenters. The number of aliphatic carboxylic acids is 1. The highest BCUT2D eigenvalue weighted by atomic mass is 16.7. The van der Waals surface area contributed by atoms with Crippen LogP contribution in [-0.4, -0.2) is 100 Å². The molecule has 0 fully saturated rings. The fourth-order valence-corrected chi connectivity index (χ4v) is 7.37. The van der Waals surface area contributed by atoms with Crippen molar-refractivity contribution in [3.8, 4) is 0 Å². The number of amides is 1. The first-order chi connectivity index (χ1) is 31.7. The van der Waals surface area contributed by atoms with Crippen molar-refractivity contribution in [3.63, 3.8) is 0 Å². The van der Waals surface area contributed by atoms with Gasteiger partial charge in [-0.3, -0.25) is 14.6 Å². The van der Waals surface area contributed by atoms with E-state index in [4.69, 9.17) is 30.7 Å². The number of nitrogens with one attached hydrogen (secondary N) is 4. The average Bonchev–Trinajstić information content (AvgIpc) is 3.62. The molecule has 20 nitrogen and oxygen atoms in total. The summed E-state index contributed by atoms with van der Waals surface area (Å²) in [7, 11) is 0. The average molecular weight is 923 g/mol. The number of carboxylic acid groups (broad SMARTS) is 1. The van der Waals surface area contributed by atoms with Gasteiger partial charge in [-0.2, -0.15) is 4.98 Å². The first-order valence-corrected chi connectivity index (χ1v) is 22.4. The van der Waals surface area contributed by atoms with Crippen LogP contribution in [0.3, 0.4) is 0 Å². The molecule has 0 radical (unpaired) electrons. The molecule has 0 aliphatic carbocycles. The summed E-state index contributed by atoms with van der Waals surface area (Å²) in [6, 6.07) is 13.2. The Morgan fingerprint density at radius 2 is 1.67 bits per heavy atom. The number of unbranched alkanes of at least 4 members (excludes halogenated alkanes) is 1. The SMILES string of the molecule is CCCCc1nc2c(N)nc3ccccc3c2n1CC(C)(C)OC(=O)OCCC(C)(C)OCC(C)(C)NCCCC(NC(=O)c1ccc(NCc2cnc3nc(N)[nH]c(=O)c3n2)cc1)C(=O)O. The summed E-state index contributed by atoms with van der Waals surface area (Å²) in [4.78, 5) is 74.6. The third kappa shape index (κ3) is 13.3. The molecule has 1 unspecified atom stereocenters. The minimum Gasteiger partial charge on any atom is -0.480 e. The van der Waals surface area contributed by atoms with Crippen molar-refractivity contribution >= 4 is 68.6 Å². The fourth-order valence-electron chi connectivity index (χ4n) is 7.37. The van der Waals surface area contributed by atoms with Crippen LogP contribution in [0.5, 0.6) is 0 Å². The van der Waals surface area contributed by atoms with E-state index in [1.165, 1.54) is 6.20 Å². The maximum absolute atomic E-state index is 13.0. The summed E-state index contributed by atoms with van der Waals surface area (Å²) in [5, 5.41) is 20.0. The van der Waals surface area contributed by atoms with E-state index in [-0.39, 0.29) is 42.2 Å². The zero-order valence-corrected chi connectivity index (χ0v) is 39.2. The number of benzene rings is 2. The smallest absolute Gasteiger partial charge is 0.480 e. The predicted molar refractivity (Wildman–Crippen MR) is 256 cm³/mol. The number of hydrogen-bond acceptors (Lipinski definition) is 16. The Labute approximate surface area is 388 Å². The lowest BCUT2D eigenvalue weighted by Gasteiger charge is -2.33. The molecule has 358 valence electrons. The standard InChI is InChI=1S/C47H62N12O8/c1-8-9-16-34-56-35-37(31-13-10-11-14-32(31)54-38(35)48)59(34)26-47(6,7)67-44(64)65-23-21-46(4,5)66-27-45(2,3)52-22-12-15-33(42(62)63)55-40(60)28-17-19-29(20-18-28)50-24-30-25-51-39-36(53-30)41(61)58-43(49)57-39/h10-11,13-14,17-20,25,33,50,52H,8-9,12,15-16,21-24,26-27H2,1-7H3,(H2,48,54)(H,55,60)(H,62,63)(H3,49,51,57,58,61). The Morgan fingerprint density at radius 3 is 2.40 bits per heavy atom. The number of nitrogens with zero attached hydrogens (tertiary/aromatic N) is 6. The van der Waals surface area contributed by atoms with E-state index in [0.717, 1.165) is 41.5 Å². The lowest BCUT2D eigenvalue weighted by molar-refractivity contribution is -0.139. The second-order valence-corrected chi connectivity index (χ2v) is 18.4. The summed E-state index contributed by atoms with van der Waals surface area (Å²) in [5.74, 6) is -0.502. The lowest BCUT2D eigenvalue weighted by atomic mass is 10.0. The second kappa shape index (κ2) is 21.1. The van der Waals surface area contributed by atoms with Crippen LogP contribution in [0.25, 0.3) is 33.1 Å². The van der Waals surface area contributed by atoms with E-state index in [9.17, 15) is 24.3 Å². The van der Waals surface area contributed by atoms with Crippen LogP contribution >= 0.6 is 0 Å². The van der Waals surface area contributed by atoms with E-state index in [1.807, 2.05) is 65.8 Å². The molecule has 6 rings (SSSR count). The van der Waals surface area contributed by atoms with E-state index in [2.05, 4.69) is 52.4 Å². The van der Waals surface area contributed by atoms with E-state index in [0.29, 0.717) is 55.3 Å². The zero-order valence-electron chi connectivity index (χ0n) is 39.2. The number of anilines is 3. The number of H-pyrrole nitrogens is 1. The summed E-state index contributed by atoms with van der Waals surface area (Å²) < 4.78 is 19.8. The van der Waals surface area contributed by atoms with Gasteiger partial charge >= 0.3 is 12.1 Å². The van der Waals surface area contributed by atoms with Crippen molar-refractivity contribution in [3.05, 3.63) is 82.2 Å². The van der Waals surface area contributed by atoms with Crippen molar-refractivity contribution < 1.29 is 33.7 Å². The van der Waals surface area contributed by atoms with Gasteiger partial charge in [-0.15, -0.1) is 0 Å². The van der Waals surface area contributed by atoms with Crippen LogP contribution in [-0.2, 0) is 38.5 Å². The number of ether oxygens (including phenoxy) is 3. The molecule has 4 aromatic heterocycles. The number of carbonyl (C=O) groups excluding carboxylic acids is 2. The number of fused-ring (bicyclic) bond motifs is 4. The molecule has 20 heteroatoms. The molecule has 6 aromatic rings. The first kappa shape index (κ1) is 49.5. The Bertz CT molecular complexity index is 2770. The Kier molecular flexibility index (Phi) is 15.6. The number of carbonyl (C=O) groups is 3. The van der Waals surface area contributed by atoms with Crippen molar-refractivity contribution in [1.29, 1.82) is 0 Å². The van der Waals surface area contributed by atoms with E-state index < -0.39 is 46.4 Å². The molecule has 0 aliphatic rings. The highest BCUT2D eigenvalue weighted by Gasteiger charge is 2.30. The van der Waals surface area contributed by atoms with Gasteiger partial charge in [-0.25, -0.2) is 29.5 Å². The minimum atomic E-state index is -1.14. The minimum absolute atomic E-state index is 0.0485. The van der Waals surface area contributed by atoms with Gasteiger partial charge in [0.2, 0.25) is 5.95 Å². The van der Waals surface area contributed by atoms with Gasteiger partial charge in [0.15, 0.2) is 17.0 Å². The van der Waals surface area contributed by atoms with E-state index in [1.54, 1.807) is 24.3 Å². The predicted octanol–water partition coefficient (Wildman–Crippen LogP) is 5.88. The molecule has 0 saturated heterocycles. The number of nitrogens with two attached hydrogens (primary N) is 2. The number of pyridine rings is 1. The molecule has 2 aromatic carbocycles. The third-order valence-corrected chi connectivity index (χ3v) is 11.1. The first-order valence-electron chi connectivity index (χ1n) is 22.4. The lowest BCUT2D eigenvalue weighted by Crippen LogP contribution is -2.47. The Morgan fingerprint density at radius 1 is 0.925 bits per heavy atom. The number of para-hydroxylation sites is 1. The van der Waals surface area contributed by atoms with Crippen LogP contribution < -0.4 is 33.0 Å². The number of carboxylic acids is 1. The maximum atomic E-state index is 13.0. The molecule has 4 heterocycles. The van der Waals surface area contributed by atoms with Gasteiger partial charge in [0.25, 0.3) is 11.5 Å². The van der Waals surface area contributed by atoms with Crippen LogP contribution in [0.1, 0.15) is 102 Å². The van der Waals surface area contributed by atoms with Crippen molar-refractivity contribution in [2.24, 2.45) is 0 Å². The van der Waals surface area contributed by atoms with Crippen molar-refractivity contribution in [2.45, 2.75) is 123 Å². The van der Waals surface area contributed by atoms with Gasteiger partial charge in [0, 0.05) is 35.0 Å². The van der Waals surface area contributed by atoms with Crippen LogP contribution in [0.4, 0.5) is 22.2 Å². The zero-order chi connectivity index (χ0) is 48.5. The normalized spacial score (nSPS) is 12.6. The van der Waals surface area contributed by atoms with Gasteiger partial charge in [0.05, 0.1) is 54.8 Å². The third-order valence-electron chi connectivity index (χ3n) is 11.1. The van der Waals surface area contributed by atoms with Crippen LogP contribution in [0.2, 0.25) is 0 Å². The van der Waals surface area contributed by atoms with Gasteiger partial charge in [-0.1, -0.05) is 31.5 Å². The molecule has 1 amide bonds. The van der Waals surface area contributed by atoms with Crippen LogP contribution in [0.15, 0.2) is 59.5 Å². The molecular formula is C47H62N12O8. The Balaban J connectivity index is 0.909. The number of imidazole rings is 1. The van der Waals surface area contributed by atoms with E-state index >= 15 is 0 Å². The number of aryl methyl sites for hydroxylation is 1. The number of hydrogen-bond donors (Lipinski definition) is 7. The monoisotopic (exact) mass is 922 g/mol. The van der Waals surface area contributed by atoms with Gasteiger partial charge in [0.1, 0.15) is 23.0 Å². The van der Waals surface area contributed by atoms with Gasteiger partial charge < -0.3 is 51.3 Å². The van der Waals surface area contributed by atoms with Crippen molar-refractivity contribution in [1.82, 2.24) is 45.1 Å². The molecule has 0 spiro atoms. The molecule has 0 bridgehead atoms. The number of aromatic nitrogens is 7. The number of aromatic amines is 1. The quantitative estimate of drug-likeness (QED) is 0.0292. The fraction of sp³-hybridized carbons (Fsp3) is 0.468. The summed E-state index contributed by atoms with van der Waals surface area (Å²) in [5.41, 5.74) is 13.3. The second-order valence-electron chi connectivity index (χ2n) is 18.4. The number of rotatable bonds is 23. The largest absolute Gasteiger partial charge is 0.508 e. The molecular weight excluding hydrogens is 861 g/mol. The van der Waals surface area contributed by atoms with Gasteiger partial charge in [-0.05, 0) is 97.7 Å². The Hall–Kier alpha value is -6.93.